The predicted molar refractivity (Wildman–Crippen MR) is 70.7 cm³/mol. The number of H-pyrrole nitrogens is 1. The Labute approximate surface area is 119 Å². The van der Waals surface area contributed by atoms with Crippen LogP contribution in [0.3, 0.4) is 0 Å². The summed E-state index contributed by atoms with van der Waals surface area (Å²) in [6.07, 6.45) is 1.26. The van der Waals surface area contributed by atoms with Crippen LogP contribution in [0.5, 0.6) is 5.75 Å². The number of ether oxygens (including phenoxy) is 1. The third kappa shape index (κ3) is 3.59. The summed E-state index contributed by atoms with van der Waals surface area (Å²) in [6.45, 7) is 0.572. The van der Waals surface area contributed by atoms with Crippen LogP contribution in [0.15, 0.2) is 24.5 Å². The van der Waals surface area contributed by atoms with Crippen molar-refractivity contribution in [3.8, 4) is 5.75 Å². The van der Waals surface area contributed by atoms with Gasteiger partial charge in [0.2, 0.25) is 5.82 Å². The quantitative estimate of drug-likeness (QED) is 0.827. The van der Waals surface area contributed by atoms with Gasteiger partial charge in [-0.25, -0.2) is 4.98 Å². The first-order valence-electron chi connectivity index (χ1n) is 5.39. The van der Waals surface area contributed by atoms with Crippen LogP contribution in [-0.4, -0.2) is 34.2 Å². The molecule has 0 bridgehead atoms. The zero-order valence-electron chi connectivity index (χ0n) is 9.69. The van der Waals surface area contributed by atoms with Gasteiger partial charge in [-0.3, -0.25) is 9.89 Å². The van der Waals surface area contributed by atoms with Crippen molar-refractivity contribution in [1.29, 1.82) is 0 Å². The van der Waals surface area contributed by atoms with E-state index < -0.39 is 0 Å². The van der Waals surface area contributed by atoms with Crippen LogP contribution in [-0.2, 0) is 0 Å². The van der Waals surface area contributed by atoms with Gasteiger partial charge < -0.3 is 10.1 Å². The first-order chi connectivity index (χ1) is 9.18. The molecule has 0 aliphatic rings. The lowest BCUT2D eigenvalue weighted by Gasteiger charge is -2.09. The molecule has 0 atom stereocenters. The molecule has 6 nitrogen and oxygen atoms in total. The lowest BCUT2D eigenvalue weighted by atomic mass is 10.3. The molecular weight excluding hydrogens is 291 g/mol. The van der Waals surface area contributed by atoms with Gasteiger partial charge in [0.25, 0.3) is 5.91 Å². The summed E-state index contributed by atoms with van der Waals surface area (Å²) in [5, 5.41) is 9.43. The maximum absolute atomic E-state index is 11.5. The van der Waals surface area contributed by atoms with E-state index in [4.69, 9.17) is 27.9 Å². The number of hydrogen-bond acceptors (Lipinski definition) is 4. The van der Waals surface area contributed by atoms with Gasteiger partial charge in [0.15, 0.2) is 0 Å². The molecule has 0 fully saturated rings. The van der Waals surface area contributed by atoms with E-state index in [1.54, 1.807) is 18.2 Å². The van der Waals surface area contributed by atoms with Gasteiger partial charge in [0.1, 0.15) is 23.7 Å². The second kappa shape index (κ2) is 6.40. The monoisotopic (exact) mass is 300 g/mol. The number of halogens is 2. The van der Waals surface area contributed by atoms with Crippen molar-refractivity contribution in [1.82, 2.24) is 20.5 Å². The highest BCUT2D eigenvalue weighted by molar-refractivity contribution is 6.42. The van der Waals surface area contributed by atoms with Gasteiger partial charge in [-0.15, -0.1) is 0 Å². The molecule has 1 aromatic heterocycles. The Bertz CT molecular complexity index is 560. The first kappa shape index (κ1) is 13.6. The van der Waals surface area contributed by atoms with E-state index >= 15 is 0 Å². The van der Waals surface area contributed by atoms with Crippen molar-refractivity contribution in [3.63, 3.8) is 0 Å². The normalized spacial score (nSPS) is 10.2. The van der Waals surface area contributed by atoms with Crippen LogP contribution in [0.1, 0.15) is 10.6 Å². The molecule has 0 aliphatic heterocycles. The van der Waals surface area contributed by atoms with Gasteiger partial charge in [-0.2, -0.15) is 5.10 Å². The number of benzene rings is 1. The number of hydrogen-bond donors (Lipinski definition) is 2. The molecule has 1 amide bonds. The molecule has 2 aromatic rings. The molecule has 1 heterocycles. The fourth-order valence-electron chi connectivity index (χ4n) is 1.32. The third-order valence-electron chi connectivity index (χ3n) is 2.19. The molecule has 0 unspecified atom stereocenters. The predicted octanol–water partition coefficient (Wildman–Crippen LogP) is 1.92. The van der Waals surface area contributed by atoms with Gasteiger partial charge in [0.05, 0.1) is 11.6 Å². The number of rotatable bonds is 5. The summed E-state index contributed by atoms with van der Waals surface area (Å²) >= 11 is 11.8. The van der Waals surface area contributed by atoms with Gasteiger partial charge >= 0.3 is 0 Å². The Morgan fingerprint density at radius 2 is 2.26 bits per heavy atom. The fraction of sp³-hybridized carbons (Fsp3) is 0.182. The number of aromatic nitrogens is 3. The summed E-state index contributed by atoms with van der Waals surface area (Å²) < 4.78 is 5.41. The maximum atomic E-state index is 11.5. The van der Waals surface area contributed by atoms with Crippen molar-refractivity contribution < 1.29 is 9.53 Å². The Hall–Kier alpha value is -1.79. The Morgan fingerprint density at radius 1 is 1.42 bits per heavy atom. The number of carbonyl (C=O) groups excluding carboxylic acids is 1. The van der Waals surface area contributed by atoms with E-state index in [9.17, 15) is 4.79 Å². The number of aromatic amines is 1. The third-order valence-corrected chi connectivity index (χ3v) is 2.99. The molecule has 8 heteroatoms. The lowest BCUT2D eigenvalue weighted by Crippen LogP contribution is -2.29. The molecule has 1 aromatic carbocycles. The van der Waals surface area contributed by atoms with Gasteiger partial charge in [-0.05, 0) is 12.1 Å². The molecule has 2 N–H and O–H groups in total. The SMILES string of the molecule is O=C(NCCOc1cccc(Cl)c1Cl)c1ncn[nH]1. The highest BCUT2D eigenvalue weighted by Crippen LogP contribution is 2.31. The van der Waals surface area contributed by atoms with Crippen LogP contribution in [0, 0.1) is 0 Å². The molecular formula is C11H10Cl2N4O2. The van der Waals surface area contributed by atoms with Crippen molar-refractivity contribution >= 4 is 29.1 Å². The zero-order valence-corrected chi connectivity index (χ0v) is 11.2. The molecule has 0 radical (unpaired) electrons. The first-order valence-corrected chi connectivity index (χ1v) is 6.14. The smallest absolute Gasteiger partial charge is 0.288 e. The number of amides is 1. The van der Waals surface area contributed by atoms with Crippen molar-refractivity contribution in [2.24, 2.45) is 0 Å². The number of nitrogens with zero attached hydrogens (tertiary/aromatic N) is 2. The van der Waals surface area contributed by atoms with Crippen LogP contribution in [0.25, 0.3) is 0 Å². The molecule has 2 rings (SSSR count). The summed E-state index contributed by atoms with van der Waals surface area (Å²) in [4.78, 5) is 15.2. The minimum Gasteiger partial charge on any atom is -0.490 e. The second-order valence-corrected chi connectivity index (χ2v) is 4.28. The van der Waals surface area contributed by atoms with E-state index in [0.717, 1.165) is 0 Å². The van der Waals surface area contributed by atoms with Crippen molar-refractivity contribution in [3.05, 3.63) is 40.4 Å². The average Bonchev–Trinajstić information content (AvgIpc) is 2.93. The van der Waals surface area contributed by atoms with Gasteiger partial charge in [-0.1, -0.05) is 29.3 Å². The topological polar surface area (TPSA) is 79.9 Å². The maximum Gasteiger partial charge on any atom is 0.288 e. The second-order valence-electron chi connectivity index (χ2n) is 3.49. The molecule has 0 spiro atoms. The fourth-order valence-corrected chi connectivity index (χ4v) is 1.67. The van der Waals surface area contributed by atoms with E-state index in [0.29, 0.717) is 22.3 Å². The van der Waals surface area contributed by atoms with Crippen LogP contribution >= 0.6 is 23.2 Å². The average molecular weight is 301 g/mol. The van der Waals surface area contributed by atoms with Crippen LogP contribution < -0.4 is 10.1 Å². The molecule has 100 valence electrons. The summed E-state index contributed by atoms with van der Waals surface area (Å²) in [5.41, 5.74) is 0. The summed E-state index contributed by atoms with van der Waals surface area (Å²) in [6, 6.07) is 5.10. The largest absolute Gasteiger partial charge is 0.490 e. The van der Waals surface area contributed by atoms with E-state index in [1.807, 2.05) is 0 Å². The number of carbonyl (C=O) groups is 1. The van der Waals surface area contributed by atoms with Gasteiger partial charge in [0, 0.05) is 0 Å². The zero-order chi connectivity index (χ0) is 13.7. The summed E-state index contributed by atoms with van der Waals surface area (Å²) in [7, 11) is 0. The molecule has 19 heavy (non-hydrogen) atoms. The lowest BCUT2D eigenvalue weighted by molar-refractivity contribution is 0.0937. The van der Waals surface area contributed by atoms with E-state index in [-0.39, 0.29) is 18.3 Å². The molecule has 0 aliphatic carbocycles. The Morgan fingerprint density at radius 3 is 3.00 bits per heavy atom. The molecule has 0 saturated heterocycles. The van der Waals surface area contributed by atoms with Crippen LogP contribution in [0.2, 0.25) is 10.0 Å². The minimum absolute atomic E-state index is 0.154. The minimum atomic E-state index is -0.349. The molecule has 0 saturated carbocycles. The number of nitrogens with one attached hydrogen (secondary N) is 2. The van der Waals surface area contributed by atoms with E-state index in [1.165, 1.54) is 6.33 Å². The van der Waals surface area contributed by atoms with Crippen LogP contribution in [0.4, 0.5) is 0 Å². The van der Waals surface area contributed by atoms with Crippen molar-refractivity contribution in [2.75, 3.05) is 13.2 Å². The standard InChI is InChI=1S/C11H10Cl2N4O2/c12-7-2-1-3-8(9(7)13)19-5-4-14-11(18)10-15-6-16-17-10/h1-3,6H,4-5H2,(H,14,18)(H,15,16,17). The summed E-state index contributed by atoms with van der Waals surface area (Å²) in [5.74, 6) is 0.280. The van der Waals surface area contributed by atoms with Crippen molar-refractivity contribution in [2.45, 2.75) is 0 Å². The highest BCUT2D eigenvalue weighted by Gasteiger charge is 2.08. The Balaban J connectivity index is 1.78. The Kier molecular flexibility index (Phi) is 4.59. The highest BCUT2D eigenvalue weighted by atomic mass is 35.5. The van der Waals surface area contributed by atoms with E-state index in [2.05, 4.69) is 20.5 Å².